The Labute approximate surface area is 122 Å². The number of carbonyl (C=O) groups excluding carboxylic acids is 1. The van der Waals surface area contributed by atoms with Gasteiger partial charge in [0.1, 0.15) is 5.76 Å². The van der Waals surface area contributed by atoms with Crippen molar-refractivity contribution in [2.24, 2.45) is 0 Å². The van der Waals surface area contributed by atoms with Crippen molar-refractivity contribution in [2.75, 3.05) is 7.11 Å². The van der Waals surface area contributed by atoms with Crippen LogP contribution in [-0.4, -0.2) is 13.1 Å². The fourth-order valence-corrected chi connectivity index (χ4v) is 2.17. The number of hydrogen-bond donors (Lipinski definition) is 1. The van der Waals surface area contributed by atoms with Crippen molar-refractivity contribution in [3.8, 4) is 0 Å². The first-order valence-corrected chi connectivity index (χ1v) is 6.64. The lowest BCUT2D eigenvalue weighted by Crippen LogP contribution is -2.18. The summed E-state index contributed by atoms with van der Waals surface area (Å²) in [6, 6.07) is 11.1. The SMILES string of the molecule is COC(=O)c1ccc(CN[C@H](C)c2ccccc2Cl)o1. The van der Waals surface area contributed by atoms with E-state index in [0.717, 1.165) is 10.6 Å². The van der Waals surface area contributed by atoms with E-state index in [1.807, 2.05) is 31.2 Å². The maximum Gasteiger partial charge on any atom is 0.373 e. The third kappa shape index (κ3) is 3.40. The van der Waals surface area contributed by atoms with Gasteiger partial charge in [-0.2, -0.15) is 0 Å². The number of carbonyl (C=O) groups is 1. The molecule has 5 heteroatoms. The van der Waals surface area contributed by atoms with Gasteiger partial charge in [-0.25, -0.2) is 4.79 Å². The van der Waals surface area contributed by atoms with Crippen LogP contribution in [0.3, 0.4) is 0 Å². The highest BCUT2D eigenvalue weighted by Crippen LogP contribution is 2.22. The van der Waals surface area contributed by atoms with E-state index in [1.165, 1.54) is 7.11 Å². The molecular formula is C15H16ClNO3. The van der Waals surface area contributed by atoms with Gasteiger partial charge < -0.3 is 14.5 Å². The fourth-order valence-electron chi connectivity index (χ4n) is 1.87. The molecule has 1 aromatic heterocycles. The molecule has 1 heterocycles. The van der Waals surface area contributed by atoms with E-state index in [0.29, 0.717) is 12.3 Å². The zero-order valence-electron chi connectivity index (χ0n) is 11.4. The Morgan fingerprint density at radius 1 is 1.35 bits per heavy atom. The minimum atomic E-state index is -0.476. The molecule has 20 heavy (non-hydrogen) atoms. The summed E-state index contributed by atoms with van der Waals surface area (Å²) in [5, 5.41) is 4.02. The number of halogens is 1. The number of methoxy groups -OCH3 is 1. The summed E-state index contributed by atoms with van der Waals surface area (Å²) in [4.78, 5) is 11.3. The van der Waals surface area contributed by atoms with Crippen LogP contribution in [0, 0.1) is 0 Å². The molecule has 0 amide bonds. The first-order chi connectivity index (χ1) is 9.61. The van der Waals surface area contributed by atoms with Gasteiger partial charge in [0.25, 0.3) is 0 Å². The molecule has 1 atom stereocenters. The van der Waals surface area contributed by atoms with Crippen LogP contribution in [0.1, 0.15) is 34.8 Å². The number of hydrogen-bond acceptors (Lipinski definition) is 4. The number of ether oxygens (including phenoxy) is 1. The zero-order chi connectivity index (χ0) is 14.5. The van der Waals surface area contributed by atoms with Crippen molar-refractivity contribution < 1.29 is 13.9 Å². The second-order valence-electron chi connectivity index (χ2n) is 4.38. The topological polar surface area (TPSA) is 51.5 Å². The summed E-state index contributed by atoms with van der Waals surface area (Å²) in [5.41, 5.74) is 1.02. The molecule has 0 saturated heterocycles. The van der Waals surface area contributed by atoms with Gasteiger partial charge >= 0.3 is 5.97 Å². The zero-order valence-corrected chi connectivity index (χ0v) is 12.1. The average molecular weight is 294 g/mol. The molecule has 106 valence electrons. The summed E-state index contributed by atoms with van der Waals surface area (Å²) >= 11 is 6.14. The molecule has 0 bridgehead atoms. The molecule has 0 spiro atoms. The monoisotopic (exact) mass is 293 g/mol. The molecule has 0 radical (unpaired) electrons. The van der Waals surface area contributed by atoms with E-state index in [2.05, 4.69) is 10.1 Å². The quantitative estimate of drug-likeness (QED) is 0.856. The van der Waals surface area contributed by atoms with Crippen molar-refractivity contribution in [3.63, 3.8) is 0 Å². The van der Waals surface area contributed by atoms with E-state index in [9.17, 15) is 4.79 Å². The van der Waals surface area contributed by atoms with Crippen LogP contribution in [0.2, 0.25) is 5.02 Å². The van der Waals surface area contributed by atoms with Gasteiger partial charge in [-0.05, 0) is 30.7 Å². The Balaban J connectivity index is 1.97. The third-order valence-electron chi connectivity index (χ3n) is 3.00. The fraction of sp³-hybridized carbons (Fsp3) is 0.267. The lowest BCUT2D eigenvalue weighted by molar-refractivity contribution is 0.0563. The molecule has 2 rings (SSSR count). The number of esters is 1. The van der Waals surface area contributed by atoms with E-state index in [-0.39, 0.29) is 11.8 Å². The number of nitrogens with one attached hydrogen (secondary N) is 1. The normalized spacial score (nSPS) is 12.2. The summed E-state index contributed by atoms with van der Waals surface area (Å²) < 4.78 is 9.97. The van der Waals surface area contributed by atoms with Crippen molar-refractivity contribution in [2.45, 2.75) is 19.5 Å². The summed E-state index contributed by atoms with van der Waals surface area (Å²) in [7, 11) is 1.32. The molecule has 4 nitrogen and oxygen atoms in total. The second kappa shape index (κ2) is 6.59. The van der Waals surface area contributed by atoms with Gasteiger partial charge in [0.2, 0.25) is 5.76 Å². The Morgan fingerprint density at radius 2 is 2.10 bits per heavy atom. The highest BCUT2D eigenvalue weighted by molar-refractivity contribution is 6.31. The highest BCUT2D eigenvalue weighted by atomic mass is 35.5. The van der Waals surface area contributed by atoms with Gasteiger partial charge in [-0.15, -0.1) is 0 Å². The van der Waals surface area contributed by atoms with E-state index < -0.39 is 5.97 Å². The molecule has 0 aliphatic rings. The van der Waals surface area contributed by atoms with Gasteiger partial charge in [0.15, 0.2) is 0 Å². The molecule has 0 aliphatic carbocycles. The highest BCUT2D eigenvalue weighted by Gasteiger charge is 2.13. The number of rotatable bonds is 5. The second-order valence-corrected chi connectivity index (χ2v) is 4.79. The van der Waals surface area contributed by atoms with E-state index in [1.54, 1.807) is 12.1 Å². The van der Waals surface area contributed by atoms with Crippen molar-refractivity contribution in [3.05, 3.63) is 58.5 Å². The van der Waals surface area contributed by atoms with E-state index in [4.69, 9.17) is 16.0 Å². The van der Waals surface area contributed by atoms with E-state index >= 15 is 0 Å². The number of furan rings is 1. The van der Waals surface area contributed by atoms with Gasteiger partial charge in [-0.3, -0.25) is 0 Å². The molecule has 0 saturated carbocycles. The Kier molecular flexibility index (Phi) is 4.82. The Hall–Kier alpha value is -1.78. The summed E-state index contributed by atoms with van der Waals surface area (Å²) in [6.07, 6.45) is 0. The maximum absolute atomic E-state index is 11.3. The summed E-state index contributed by atoms with van der Waals surface area (Å²) in [6.45, 7) is 2.52. The molecule has 0 fully saturated rings. The molecule has 2 aromatic rings. The van der Waals surface area contributed by atoms with Crippen molar-refractivity contribution in [1.82, 2.24) is 5.32 Å². The predicted molar refractivity (Wildman–Crippen MR) is 76.8 cm³/mol. The van der Waals surface area contributed by atoms with Crippen LogP contribution in [0.25, 0.3) is 0 Å². The molecule has 0 aliphatic heterocycles. The van der Waals surface area contributed by atoms with Crippen molar-refractivity contribution >= 4 is 17.6 Å². The smallest absolute Gasteiger partial charge is 0.373 e. The minimum absolute atomic E-state index is 0.0791. The van der Waals surface area contributed by atoms with Gasteiger partial charge in [0, 0.05) is 11.1 Å². The van der Waals surface area contributed by atoms with Crippen LogP contribution in [0.4, 0.5) is 0 Å². The Morgan fingerprint density at radius 3 is 2.80 bits per heavy atom. The van der Waals surface area contributed by atoms with Crippen LogP contribution in [-0.2, 0) is 11.3 Å². The largest absolute Gasteiger partial charge is 0.463 e. The molecular weight excluding hydrogens is 278 g/mol. The Bertz CT molecular complexity index is 594. The molecule has 1 N–H and O–H groups in total. The van der Waals surface area contributed by atoms with Crippen LogP contribution in [0.15, 0.2) is 40.8 Å². The van der Waals surface area contributed by atoms with Crippen LogP contribution >= 0.6 is 11.6 Å². The minimum Gasteiger partial charge on any atom is -0.463 e. The van der Waals surface area contributed by atoms with Crippen LogP contribution in [0.5, 0.6) is 0 Å². The maximum atomic E-state index is 11.3. The van der Waals surface area contributed by atoms with Gasteiger partial charge in [0.05, 0.1) is 13.7 Å². The average Bonchev–Trinajstić information content (AvgIpc) is 2.93. The third-order valence-corrected chi connectivity index (χ3v) is 3.35. The first kappa shape index (κ1) is 14.6. The standard InChI is InChI=1S/C15H16ClNO3/c1-10(12-5-3-4-6-13(12)16)17-9-11-7-8-14(20-11)15(18)19-2/h3-8,10,17H,9H2,1-2H3/t10-/m1/s1. The predicted octanol–water partition coefficient (Wildman–Crippen LogP) is 3.57. The lowest BCUT2D eigenvalue weighted by atomic mass is 10.1. The molecule has 0 unspecified atom stereocenters. The van der Waals surface area contributed by atoms with Gasteiger partial charge in [-0.1, -0.05) is 29.8 Å². The number of benzene rings is 1. The summed E-state index contributed by atoms with van der Waals surface area (Å²) in [5.74, 6) is 0.398. The molecule has 1 aromatic carbocycles. The lowest BCUT2D eigenvalue weighted by Gasteiger charge is -2.14. The van der Waals surface area contributed by atoms with Crippen LogP contribution < -0.4 is 5.32 Å². The first-order valence-electron chi connectivity index (χ1n) is 6.26. The van der Waals surface area contributed by atoms with Crippen molar-refractivity contribution in [1.29, 1.82) is 0 Å².